The highest BCUT2D eigenvalue weighted by Crippen LogP contribution is 2.21. The van der Waals surface area contributed by atoms with E-state index in [9.17, 15) is 22.4 Å². The third kappa shape index (κ3) is 10.2. The molecule has 10 heteroatoms. The summed E-state index contributed by atoms with van der Waals surface area (Å²) < 4.78 is 39.6. The third-order valence-electron chi connectivity index (χ3n) is 6.30. The normalized spacial score (nSPS) is 12.4. The summed E-state index contributed by atoms with van der Waals surface area (Å²) in [6, 6.07) is 20.9. The average molecular weight is 602 g/mol. The zero-order chi connectivity index (χ0) is 30.2. The number of amides is 2. The molecule has 3 aromatic rings. The van der Waals surface area contributed by atoms with E-state index in [0.717, 1.165) is 21.7 Å². The van der Waals surface area contributed by atoms with Gasteiger partial charge < -0.3 is 10.2 Å². The number of anilines is 1. The minimum Gasteiger partial charge on any atom is -0.350 e. The lowest BCUT2D eigenvalue weighted by Crippen LogP contribution is -2.54. The first kappa shape index (κ1) is 32.1. The van der Waals surface area contributed by atoms with E-state index < -0.39 is 27.4 Å². The molecule has 0 aromatic heterocycles. The first-order valence-corrected chi connectivity index (χ1v) is 15.6. The molecule has 3 rings (SSSR count). The van der Waals surface area contributed by atoms with Crippen LogP contribution in [0, 0.1) is 5.82 Å². The molecule has 0 saturated heterocycles. The Hall–Kier alpha value is -3.43. The van der Waals surface area contributed by atoms with Crippen LogP contribution in [0.3, 0.4) is 0 Å². The van der Waals surface area contributed by atoms with Crippen LogP contribution in [0.1, 0.15) is 44.7 Å². The van der Waals surface area contributed by atoms with Gasteiger partial charge >= 0.3 is 0 Å². The van der Waals surface area contributed by atoms with E-state index in [2.05, 4.69) is 5.32 Å². The van der Waals surface area contributed by atoms with Crippen LogP contribution in [0.5, 0.6) is 0 Å². The van der Waals surface area contributed by atoms with Gasteiger partial charge in [0.2, 0.25) is 21.8 Å². The predicted octanol–water partition coefficient (Wildman–Crippen LogP) is 5.58. The van der Waals surface area contributed by atoms with Crippen molar-refractivity contribution in [1.82, 2.24) is 10.2 Å². The van der Waals surface area contributed by atoms with Gasteiger partial charge in [0, 0.05) is 36.5 Å². The second kappa shape index (κ2) is 14.0. The number of halogens is 2. The van der Waals surface area contributed by atoms with E-state index in [-0.39, 0.29) is 37.7 Å². The molecule has 1 unspecified atom stereocenters. The van der Waals surface area contributed by atoms with Gasteiger partial charge in [-0.1, -0.05) is 54.1 Å². The van der Waals surface area contributed by atoms with Crippen molar-refractivity contribution in [3.8, 4) is 0 Å². The average Bonchev–Trinajstić information content (AvgIpc) is 2.89. The van der Waals surface area contributed by atoms with Crippen molar-refractivity contribution in [1.29, 1.82) is 0 Å². The Kier molecular flexibility index (Phi) is 10.9. The molecule has 41 heavy (non-hydrogen) atoms. The number of carbonyl (C=O) groups is 2. The molecule has 0 aliphatic carbocycles. The molecule has 0 saturated carbocycles. The van der Waals surface area contributed by atoms with Gasteiger partial charge in [0.25, 0.3) is 0 Å². The van der Waals surface area contributed by atoms with Crippen LogP contribution in [-0.4, -0.2) is 49.5 Å². The van der Waals surface area contributed by atoms with Crippen molar-refractivity contribution >= 4 is 39.1 Å². The van der Waals surface area contributed by atoms with Crippen molar-refractivity contribution < 1.29 is 22.4 Å². The lowest BCUT2D eigenvalue weighted by molar-refractivity contribution is -0.142. The molecule has 1 N–H and O–H groups in total. The lowest BCUT2D eigenvalue weighted by atomic mass is 10.00. The van der Waals surface area contributed by atoms with Gasteiger partial charge in [-0.25, -0.2) is 12.8 Å². The summed E-state index contributed by atoms with van der Waals surface area (Å²) in [7, 11) is -3.68. The number of rotatable bonds is 12. The summed E-state index contributed by atoms with van der Waals surface area (Å²) in [6.07, 6.45) is 1.55. The van der Waals surface area contributed by atoms with Crippen LogP contribution >= 0.6 is 11.6 Å². The number of hydrogen-bond acceptors (Lipinski definition) is 4. The first-order chi connectivity index (χ1) is 19.2. The SMILES string of the molecule is CC(C)(C)NC(=O)C(Cc1ccccc1)N(Cc1ccc(Cl)cc1)C(=O)CCCN(c1ccc(F)cc1)S(C)(=O)=O. The molecule has 220 valence electrons. The predicted molar refractivity (Wildman–Crippen MR) is 162 cm³/mol. The molecule has 0 radical (unpaired) electrons. The van der Waals surface area contributed by atoms with Gasteiger partial charge in [-0.2, -0.15) is 0 Å². The van der Waals surface area contributed by atoms with Crippen molar-refractivity contribution in [2.75, 3.05) is 17.1 Å². The van der Waals surface area contributed by atoms with Crippen molar-refractivity contribution in [2.45, 2.75) is 58.2 Å². The van der Waals surface area contributed by atoms with Crippen molar-refractivity contribution in [3.63, 3.8) is 0 Å². The molecular weight excluding hydrogens is 565 g/mol. The molecule has 0 heterocycles. The number of hydrogen-bond donors (Lipinski definition) is 1. The summed E-state index contributed by atoms with van der Waals surface area (Å²) in [6.45, 7) is 5.82. The molecule has 0 fully saturated rings. The Bertz CT molecular complexity index is 1410. The molecule has 2 amide bonds. The maximum Gasteiger partial charge on any atom is 0.243 e. The quantitative estimate of drug-likeness (QED) is 0.294. The Morgan fingerprint density at radius 2 is 1.54 bits per heavy atom. The van der Waals surface area contributed by atoms with E-state index in [1.54, 1.807) is 17.0 Å². The van der Waals surface area contributed by atoms with Gasteiger partial charge in [0.15, 0.2) is 0 Å². The maximum atomic E-state index is 13.8. The van der Waals surface area contributed by atoms with Crippen LogP contribution in [0.2, 0.25) is 5.02 Å². The number of nitrogens with one attached hydrogen (secondary N) is 1. The Morgan fingerprint density at radius 3 is 2.10 bits per heavy atom. The van der Waals surface area contributed by atoms with E-state index in [4.69, 9.17) is 11.6 Å². The van der Waals surface area contributed by atoms with Gasteiger partial charge in [-0.3, -0.25) is 13.9 Å². The number of carbonyl (C=O) groups excluding carboxylic acids is 2. The molecule has 0 bridgehead atoms. The summed E-state index contributed by atoms with van der Waals surface area (Å²) in [5.74, 6) is -1.06. The molecular formula is C31H37ClFN3O4S. The maximum absolute atomic E-state index is 13.8. The van der Waals surface area contributed by atoms with E-state index in [0.29, 0.717) is 17.1 Å². The van der Waals surface area contributed by atoms with Crippen molar-refractivity contribution in [2.24, 2.45) is 0 Å². The first-order valence-electron chi connectivity index (χ1n) is 13.4. The van der Waals surface area contributed by atoms with E-state index in [1.165, 1.54) is 24.3 Å². The minimum absolute atomic E-state index is 0.00507. The highest BCUT2D eigenvalue weighted by atomic mass is 35.5. The van der Waals surface area contributed by atoms with Gasteiger partial charge in [-0.05, 0) is 74.7 Å². The zero-order valence-electron chi connectivity index (χ0n) is 23.8. The number of sulfonamides is 1. The molecule has 0 aliphatic heterocycles. The molecule has 1 atom stereocenters. The largest absolute Gasteiger partial charge is 0.350 e. The van der Waals surface area contributed by atoms with Gasteiger partial charge in [0.1, 0.15) is 11.9 Å². The summed E-state index contributed by atoms with van der Waals surface area (Å²) in [5.41, 5.74) is 1.49. The number of nitrogens with zero attached hydrogens (tertiary/aromatic N) is 2. The van der Waals surface area contributed by atoms with Crippen LogP contribution in [0.4, 0.5) is 10.1 Å². The van der Waals surface area contributed by atoms with Crippen LogP contribution in [0.15, 0.2) is 78.9 Å². The highest BCUT2D eigenvalue weighted by molar-refractivity contribution is 7.92. The fourth-order valence-electron chi connectivity index (χ4n) is 4.40. The number of benzene rings is 3. The van der Waals surface area contributed by atoms with Crippen molar-refractivity contribution in [3.05, 3.63) is 101 Å². The second-order valence-electron chi connectivity index (χ2n) is 11.0. The fraction of sp³-hybridized carbons (Fsp3) is 0.355. The minimum atomic E-state index is -3.68. The molecule has 0 aliphatic rings. The summed E-state index contributed by atoms with van der Waals surface area (Å²) >= 11 is 6.08. The van der Waals surface area contributed by atoms with E-state index >= 15 is 0 Å². The van der Waals surface area contributed by atoms with Crippen LogP contribution in [-0.2, 0) is 32.6 Å². The Labute approximate surface area is 247 Å². The van der Waals surface area contributed by atoms with Gasteiger partial charge in [0.05, 0.1) is 11.9 Å². The van der Waals surface area contributed by atoms with Crippen LogP contribution < -0.4 is 9.62 Å². The Balaban J connectivity index is 1.89. The van der Waals surface area contributed by atoms with Gasteiger partial charge in [-0.15, -0.1) is 0 Å². The van der Waals surface area contributed by atoms with Crippen LogP contribution in [0.25, 0.3) is 0 Å². The zero-order valence-corrected chi connectivity index (χ0v) is 25.4. The highest BCUT2D eigenvalue weighted by Gasteiger charge is 2.32. The third-order valence-corrected chi connectivity index (χ3v) is 7.75. The summed E-state index contributed by atoms with van der Waals surface area (Å²) in [4.78, 5) is 29.0. The van der Waals surface area contributed by atoms with E-state index in [1.807, 2.05) is 63.2 Å². The monoisotopic (exact) mass is 601 g/mol. The fourth-order valence-corrected chi connectivity index (χ4v) is 5.50. The smallest absolute Gasteiger partial charge is 0.243 e. The Morgan fingerprint density at radius 1 is 0.927 bits per heavy atom. The second-order valence-corrected chi connectivity index (χ2v) is 13.4. The molecule has 7 nitrogen and oxygen atoms in total. The standard InChI is InChI=1S/C31H37ClFN3O4S/c1-31(2,3)34-30(38)28(21-23-9-6-5-7-10-23)35(22-24-12-14-25(32)15-13-24)29(37)11-8-20-36(41(4,39)40)27-18-16-26(33)17-19-27/h5-7,9-10,12-19,28H,8,11,20-22H2,1-4H3,(H,34,38). The molecule has 3 aromatic carbocycles. The summed E-state index contributed by atoms with van der Waals surface area (Å²) in [5, 5.41) is 3.57. The topological polar surface area (TPSA) is 86.8 Å². The lowest BCUT2D eigenvalue weighted by Gasteiger charge is -2.34. The molecule has 0 spiro atoms.